The van der Waals surface area contributed by atoms with E-state index in [1.54, 1.807) is 0 Å². The Morgan fingerprint density at radius 1 is 0.328 bits per heavy atom. The second kappa shape index (κ2) is 50.5. The first-order chi connectivity index (χ1) is 28.6. The lowest BCUT2D eigenvalue weighted by atomic mass is 10.0. The van der Waals surface area contributed by atoms with Crippen LogP contribution in [-0.4, -0.2) is 29.4 Å². The molecule has 58 heavy (non-hydrogen) atoms. The number of aliphatic hydroxyl groups excluding tert-OH is 1. The van der Waals surface area contributed by atoms with Gasteiger partial charge in [0.2, 0.25) is 5.91 Å². The van der Waals surface area contributed by atoms with E-state index >= 15 is 0 Å². The summed E-state index contributed by atoms with van der Waals surface area (Å²) in [6, 6.07) is -0.0674. The number of unbranched alkanes of at least 4 members (excludes halogenated alkanes) is 41. The van der Waals surface area contributed by atoms with Crippen molar-refractivity contribution < 1.29 is 14.7 Å². The van der Waals surface area contributed by atoms with Crippen molar-refractivity contribution in [2.45, 2.75) is 328 Å². The molecular weight excluding hydrogens is 711 g/mol. The Morgan fingerprint density at radius 3 is 0.810 bits per heavy atom. The highest BCUT2D eigenvalue weighted by atomic mass is 16.3. The van der Waals surface area contributed by atoms with Crippen molar-refractivity contribution in [1.82, 2.24) is 5.32 Å². The molecular formula is C54H107NO3. The molecule has 0 fully saturated rings. The molecule has 0 bridgehead atoms. The summed E-state index contributed by atoms with van der Waals surface area (Å²) >= 11 is 0. The molecule has 0 aromatic rings. The molecule has 4 heteroatoms. The maximum atomic E-state index is 12.4. The van der Waals surface area contributed by atoms with Gasteiger partial charge in [0, 0.05) is 19.3 Å². The number of amides is 1. The van der Waals surface area contributed by atoms with Crippen LogP contribution in [0.3, 0.4) is 0 Å². The number of carbonyl (C=O) groups is 2. The minimum absolute atomic E-state index is 0.0604. The predicted molar refractivity (Wildman–Crippen MR) is 257 cm³/mol. The lowest BCUT2D eigenvalue weighted by molar-refractivity contribution is -0.122. The van der Waals surface area contributed by atoms with Gasteiger partial charge in [-0.25, -0.2) is 0 Å². The van der Waals surface area contributed by atoms with Crippen molar-refractivity contribution in [2.75, 3.05) is 6.61 Å². The summed E-state index contributed by atoms with van der Waals surface area (Å²) in [5.41, 5.74) is 0. The Labute approximate surface area is 365 Å². The van der Waals surface area contributed by atoms with E-state index in [1.807, 2.05) is 0 Å². The maximum Gasteiger partial charge on any atom is 0.220 e. The van der Waals surface area contributed by atoms with Crippen LogP contribution in [0.4, 0.5) is 0 Å². The lowest BCUT2D eigenvalue weighted by Gasteiger charge is -2.16. The first-order valence-corrected chi connectivity index (χ1v) is 27.1. The molecule has 0 saturated heterocycles. The largest absolute Gasteiger partial charge is 0.394 e. The summed E-state index contributed by atoms with van der Waals surface area (Å²) in [7, 11) is 0. The summed E-state index contributed by atoms with van der Waals surface area (Å²) in [5, 5.41) is 12.8. The average molecular weight is 818 g/mol. The molecule has 0 rings (SSSR count). The number of carbonyl (C=O) groups excluding carboxylic acids is 2. The average Bonchev–Trinajstić information content (AvgIpc) is 3.22. The van der Waals surface area contributed by atoms with Crippen LogP contribution in [0, 0.1) is 0 Å². The first-order valence-electron chi connectivity index (χ1n) is 27.1. The quantitative estimate of drug-likeness (QED) is 0.0601. The van der Waals surface area contributed by atoms with Crippen LogP contribution in [0.2, 0.25) is 0 Å². The Hall–Kier alpha value is -0.900. The molecule has 0 aliphatic heterocycles. The molecule has 0 spiro atoms. The van der Waals surface area contributed by atoms with E-state index < -0.39 is 0 Å². The Morgan fingerprint density at radius 2 is 0.552 bits per heavy atom. The van der Waals surface area contributed by atoms with E-state index in [0.29, 0.717) is 12.2 Å². The van der Waals surface area contributed by atoms with Gasteiger partial charge >= 0.3 is 0 Å². The molecule has 4 nitrogen and oxygen atoms in total. The van der Waals surface area contributed by atoms with Crippen LogP contribution < -0.4 is 5.32 Å². The molecule has 0 heterocycles. The zero-order valence-electron chi connectivity index (χ0n) is 40.0. The van der Waals surface area contributed by atoms with E-state index in [2.05, 4.69) is 19.2 Å². The topological polar surface area (TPSA) is 66.4 Å². The number of rotatable bonds is 51. The van der Waals surface area contributed by atoms with Crippen LogP contribution in [0.1, 0.15) is 322 Å². The highest BCUT2D eigenvalue weighted by Crippen LogP contribution is 2.18. The van der Waals surface area contributed by atoms with Crippen molar-refractivity contribution in [2.24, 2.45) is 0 Å². The molecule has 2 N–H and O–H groups in total. The second-order valence-electron chi connectivity index (χ2n) is 18.9. The molecule has 346 valence electrons. The fourth-order valence-corrected chi connectivity index (χ4v) is 8.82. The highest BCUT2D eigenvalue weighted by molar-refractivity contribution is 5.78. The molecule has 0 aliphatic carbocycles. The van der Waals surface area contributed by atoms with Gasteiger partial charge < -0.3 is 10.4 Å². The second-order valence-corrected chi connectivity index (χ2v) is 18.9. The molecule has 0 saturated carbocycles. The van der Waals surface area contributed by atoms with Crippen LogP contribution >= 0.6 is 0 Å². The van der Waals surface area contributed by atoms with E-state index in [-0.39, 0.29) is 18.6 Å². The number of hydrogen-bond acceptors (Lipinski definition) is 3. The van der Waals surface area contributed by atoms with Gasteiger partial charge in [-0.1, -0.05) is 277 Å². The normalized spacial score (nSPS) is 12.1. The minimum Gasteiger partial charge on any atom is -0.394 e. The summed E-state index contributed by atoms with van der Waals surface area (Å²) in [4.78, 5) is 24.7. The van der Waals surface area contributed by atoms with E-state index in [9.17, 15) is 14.7 Å². The fourth-order valence-electron chi connectivity index (χ4n) is 8.82. The molecule has 1 atom stereocenters. The lowest BCUT2D eigenvalue weighted by Crippen LogP contribution is -2.37. The Kier molecular flexibility index (Phi) is 49.7. The number of aliphatic hydroxyl groups is 1. The Bertz CT molecular complexity index is 799. The van der Waals surface area contributed by atoms with Gasteiger partial charge in [-0.05, 0) is 25.7 Å². The summed E-state index contributed by atoms with van der Waals surface area (Å²) in [6.45, 7) is 4.64. The van der Waals surface area contributed by atoms with Gasteiger partial charge in [0.15, 0.2) is 0 Å². The van der Waals surface area contributed by atoms with Crippen LogP contribution in [0.15, 0.2) is 0 Å². The molecule has 0 aromatic carbocycles. The monoisotopic (exact) mass is 818 g/mol. The zero-order valence-corrected chi connectivity index (χ0v) is 40.0. The Balaban J connectivity index is 3.35. The van der Waals surface area contributed by atoms with Crippen LogP contribution in [-0.2, 0) is 9.59 Å². The van der Waals surface area contributed by atoms with E-state index in [0.717, 1.165) is 51.4 Å². The molecule has 0 aliphatic rings. The van der Waals surface area contributed by atoms with E-state index in [4.69, 9.17) is 0 Å². The third-order valence-electron chi connectivity index (χ3n) is 12.9. The number of hydrogen-bond donors (Lipinski definition) is 2. The SMILES string of the molecule is CCCCCCCCCCCCCCCCCCCC(=O)CCCCCCCCCCCCCCCC(=O)N[C@H](CO)CCCCCCCCCCCCCCCC. The van der Waals surface area contributed by atoms with Crippen molar-refractivity contribution >= 4 is 11.7 Å². The standard InChI is InChI=1S/C54H107NO3/c1-3-5-7-9-11-13-15-17-19-20-21-24-28-32-36-40-44-48-53(57)49-45-41-37-33-29-25-22-26-30-34-38-42-46-50-54(58)55-52(51-56)47-43-39-35-31-27-23-18-16-14-12-10-8-6-4-2/h52,56H,3-51H2,1-2H3,(H,55,58)/t52-/m0/s1. The van der Waals surface area contributed by atoms with Gasteiger partial charge in [0.1, 0.15) is 5.78 Å². The smallest absolute Gasteiger partial charge is 0.220 e. The van der Waals surface area contributed by atoms with Gasteiger partial charge in [0.25, 0.3) is 0 Å². The van der Waals surface area contributed by atoms with Gasteiger partial charge in [-0.15, -0.1) is 0 Å². The fraction of sp³-hybridized carbons (Fsp3) is 0.963. The summed E-state index contributed by atoms with van der Waals surface area (Å²) in [6.07, 6.45) is 61.9. The highest BCUT2D eigenvalue weighted by Gasteiger charge is 2.11. The molecule has 1 amide bonds. The number of nitrogens with one attached hydrogen (secondary N) is 1. The summed E-state index contributed by atoms with van der Waals surface area (Å²) in [5.74, 6) is 0.627. The molecule has 0 aromatic heterocycles. The van der Waals surface area contributed by atoms with Crippen molar-refractivity contribution in [3.63, 3.8) is 0 Å². The van der Waals surface area contributed by atoms with Crippen molar-refractivity contribution in [1.29, 1.82) is 0 Å². The van der Waals surface area contributed by atoms with Gasteiger partial charge in [-0.2, -0.15) is 0 Å². The predicted octanol–water partition coefficient (Wildman–Crippen LogP) is 17.8. The minimum atomic E-state index is -0.0674. The zero-order chi connectivity index (χ0) is 42.1. The third kappa shape index (κ3) is 47.8. The van der Waals surface area contributed by atoms with Crippen LogP contribution in [0.25, 0.3) is 0 Å². The van der Waals surface area contributed by atoms with Crippen molar-refractivity contribution in [3.05, 3.63) is 0 Å². The number of ketones is 1. The third-order valence-corrected chi connectivity index (χ3v) is 12.9. The van der Waals surface area contributed by atoms with Crippen molar-refractivity contribution in [3.8, 4) is 0 Å². The van der Waals surface area contributed by atoms with E-state index in [1.165, 1.54) is 250 Å². The van der Waals surface area contributed by atoms with Crippen LogP contribution in [0.5, 0.6) is 0 Å². The maximum absolute atomic E-state index is 12.4. The van der Waals surface area contributed by atoms with Gasteiger partial charge in [0.05, 0.1) is 12.6 Å². The summed E-state index contributed by atoms with van der Waals surface area (Å²) < 4.78 is 0. The molecule has 0 unspecified atom stereocenters. The first kappa shape index (κ1) is 57.1. The number of Topliss-reactive ketones (excluding diaryl/α,β-unsaturated/α-hetero) is 1. The molecule has 0 radical (unpaired) electrons. The van der Waals surface area contributed by atoms with Gasteiger partial charge in [-0.3, -0.25) is 9.59 Å².